The Morgan fingerprint density at radius 3 is 2.32 bits per heavy atom. The van der Waals surface area contributed by atoms with E-state index in [0.29, 0.717) is 23.4 Å². The summed E-state index contributed by atoms with van der Waals surface area (Å²) in [4.78, 5) is 14.9. The molecule has 0 N–H and O–H groups in total. The Bertz CT molecular complexity index is 1030. The lowest BCUT2D eigenvalue weighted by atomic mass is 9.78. The Kier molecular flexibility index (Phi) is 4.83. The van der Waals surface area contributed by atoms with Crippen LogP contribution in [0.5, 0.6) is 0 Å². The number of benzene rings is 1. The Morgan fingerprint density at radius 1 is 1.16 bits per heavy atom. The summed E-state index contributed by atoms with van der Waals surface area (Å²) < 4.78 is 53.3. The zero-order chi connectivity index (χ0) is 22.9. The molecule has 1 saturated heterocycles. The molecule has 0 radical (unpaired) electrons. The smallest absolute Gasteiger partial charge is 0.399 e. The van der Waals surface area contributed by atoms with Crippen LogP contribution in [0.4, 0.5) is 18.9 Å². The fourth-order valence-corrected chi connectivity index (χ4v) is 3.98. The molecule has 1 amide bonds. The maximum absolute atomic E-state index is 13.4. The van der Waals surface area contributed by atoms with Gasteiger partial charge in [-0.15, -0.1) is 0 Å². The van der Waals surface area contributed by atoms with Gasteiger partial charge in [0.25, 0.3) is 5.91 Å². The largest absolute Gasteiger partial charge is 0.498 e. The Labute approximate surface area is 179 Å². The highest BCUT2D eigenvalue weighted by Gasteiger charge is 2.54. The molecule has 4 rings (SSSR count). The summed E-state index contributed by atoms with van der Waals surface area (Å²) in [6.07, 6.45) is -2.86. The number of anilines is 1. The Balaban J connectivity index is 1.71. The van der Waals surface area contributed by atoms with Gasteiger partial charge in [0.2, 0.25) is 0 Å². The lowest BCUT2D eigenvalue weighted by Gasteiger charge is -2.33. The van der Waals surface area contributed by atoms with E-state index < -0.39 is 30.1 Å². The molecule has 6 nitrogen and oxygen atoms in total. The Morgan fingerprint density at radius 2 is 1.77 bits per heavy atom. The van der Waals surface area contributed by atoms with Gasteiger partial charge >= 0.3 is 13.3 Å². The third kappa shape index (κ3) is 3.45. The summed E-state index contributed by atoms with van der Waals surface area (Å²) in [5, 5.41) is 4.38. The zero-order valence-electron chi connectivity index (χ0n) is 18.4. The van der Waals surface area contributed by atoms with Crippen molar-refractivity contribution in [3.05, 3.63) is 41.2 Å². The van der Waals surface area contributed by atoms with Crippen LogP contribution < -0.4 is 10.4 Å². The van der Waals surface area contributed by atoms with Crippen LogP contribution >= 0.6 is 0 Å². The number of nitrogens with zero attached hydrogens (tertiary/aromatic N) is 3. The first-order chi connectivity index (χ1) is 14.2. The molecule has 0 unspecified atom stereocenters. The van der Waals surface area contributed by atoms with E-state index in [1.807, 2.05) is 34.6 Å². The molecule has 2 aliphatic heterocycles. The zero-order valence-corrected chi connectivity index (χ0v) is 18.4. The van der Waals surface area contributed by atoms with E-state index in [0.717, 1.165) is 6.07 Å². The van der Waals surface area contributed by atoms with Crippen molar-refractivity contribution < 1.29 is 27.3 Å². The number of alkyl halides is 3. The van der Waals surface area contributed by atoms with Crippen molar-refractivity contribution in [2.24, 2.45) is 0 Å². The van der Waals surface area contributed by atoms with Crippen LogP contribution in [0.2, 0.25) is 0 Å². The minimum atomic E-state index is -4.44. The van der Waals surface area contributed by atoms with Gasteiger partial charge < -0.3 is 14.2 Å². The summed E-state index contributed by atoms with van der Waals surface area (Å²) in [7, 11) is -0.765. The van der Waals surface area contributed by atoms with E-state index in [-0.39, 0.29) is 17.5 Å². The van der Waals surface area contributed by atoms with Crippen molar-refractivity contribution in [3.63, 3.8) is 0 Å². The van der Waals surface area contributed by atoms with E-state index in [1.165, 1.54) is 24.0 Å². The van der Waals surface area contributed by atoms with Crippen molar-refractivity contribution in [2.45, 2.75) is 65.0 Å². The highest BCUT2D eigenvalue weighted by Crippen LogP contribution is 2.38. The number of aryl methyl sites for hydroxylation is 1. The number of hydrogen-bond acceptors (Lipinski definition) is 4. The second-order valence-corrected chi connectivity index (χ2v) is 9.24. The third-order valence-electron chi connectivity index (χ3n) is 6.47. The fourth-order valence-electron chi connectivity index (χ4n) is 3.98. The predicted molar refractivity (Wildman–Crippen MR) is 111 cm³/mol. The highest BCUT2D eigenvalue weighted by atomic mass is 19.4. The number of halogens is 3. The quantitative estimate of drug-likeness (QED) is 0.675. The monoisotopic (exact) mass is 435 g/mol. The molecule has 10 heteroatoms. The average Bonchev–Trinajstić information content (AvgIpc) is 3.16. The molecule has 0 bridgehead atoms. The van der Waals surface area contributed by atoms with Gasteiger partial charge in [0.05, 0.1) is 22.8 Å². The van der Waals surface area contributed by atoms with Crippen molar-refractivity contribution in [3.8, 4) is 0 Å². The van der Waals surface area contributed by atoms with Crippen molar-refractivity contribution in [1.82, 2.24) is 9.78 Å². The van der Waals surface area contributed by atoms with Crippen LogP contribution in [-0.2, 0) is 15.5 Å². The van der Waals surface area contributed by atoms with Gasteiger partial charge in [-0.05, 0) is 65.3 Å². The van der Waals surface area contributed by atoms with Gasteiger partial charge in [0.1, 0.15) is 5.69 Å². The van der Waals surface area contributed by atoms with Gasteiger partial charge in [-0.3, -0.25) is 9.48 Å². The predicted octanol–water partition coefficient (Wildman–Crippen LogP) is 3.73. The van der Waals surface area contributed by atoms with Crippen LogP contribution in [0.25, 0.3) is 0 Å². The molecular formula is C21H25BF3N3O3. The van der Waals surface area contributed by atoms with Crippen LogP contribution in [0.15, 0.2) is 24.4 Å². The molecule has 0 saturated carbocycles. The number of fused-ring (bicyclic) bond motifs is 1. The molecule has 0 spiro atoms. The molecular weight excluding hydrogens is 410 g/mol. The summed E-state index contributed by atoms with van der Waals surface area (Å²) in [6.45, 7) is 11.3. The minimum absolute atomic E-state index is 0.0655. The van der Waals surface area contributed by atoms with Crippen LogP contribution in [0.1, 0.15) is 62.3 Å². The van der Waals surface area contributed by atoms with E-state index in [4.69, 9.17) is 9.31 Å². The van der Waals surface area contributed by atoms with E-state index in [9.17, 15) is 18.0 Å². The first-order valence-electron chi connectivity index (χ1n) is 10.2. The number of carbonyl (C=O) groups excluding carboxylic acids is 1. The fraction of sp³-hybridized carbons (Fsp3) is 0.524. The summed E-state index contributed by atoms with van der Waals surface area (Å²) >= 11 is 0. The van der Waals surface area contributed by atoms with Gasteiger partial charge in [-0.2, -0.15) is 18.3 Å². The molecule has 1 fully saturated rings. The van der Waals surface area contributed by atoms with Crippen molar-refractivity contribution in [2.75, 3.05) is 11.4 Å². The number of hydrogen-bond donors (Lipinski definition) is 0. The topological polar surface area (TPSA) is 56.6 Å². The highest BCUT2D eigenvalue weighted by molar-refractivity contribution is 6.63. The average molecular weight is 435 g/mol. The minimum Gasteiger partial charge on any atom is -0.399 e. The normalized spacial score (nSPS) is 22.7. The van der Waals surface area contributed by atoms with Crippen LogP contribution in [-0.4, -0.2) is 40.6 Å². The molecule has 31 heavy (non-hydrogen) atoms. The molecule has 3 heterocycles. The number of rotatable bonds is 2. The van der Waals surface area contributed by atoms with E-state index >= 15 is 0 Å². The second kappa shape index (κ2) is 6.84. The molecule has 0 aliphatic carbocycles. The number of carbonyl (C=O) groups is 1. The summed E-state index contributed by atoms with van der Waals surface area (Å²) in [5.74, 6) is -0.348. The van der Waals surface area contributed by atoms with Gasteiger partial charge in [0.15, 0.2) is 0 Å². The van der Waals surface area contributed by atoms with Crippen molar-refractivity contribution >= 4 is 24.2 Å². The maximum atomic E-state index is 13.4. The van der Waals surface area contributed by atoms with Crippen LogP contribution in [0, 0.1) is 6.92 Å². The van der Waals surface area contributed by atoms with Crippen LogP contribution in [0.3, 0.4) is 0 Å². The van der Waals surface area contributed by atoms with Gasteiger partial charge in [-0.25, -0.2) is 0 Å². The van der Waals surface area contributed by atoms with Gasteiger partial charge in [0, 0.05) is 23.9 Å². The third-order valence-corrected chi connectivity index (χ3v) is 6.47. The summed E-state index contributed by atoms with van der Waals surface area (Å²) in [6, 6.07) is 3.57. The molecule has 1 atom stereocenters. The maximum Gasteiger partial charge on any atom is 0.498 e. The molecule has 1 aromatic heterocycles. The lowest BCUT2D eigenvalue weighted by Crippen LogP contribution is -2.47. The number of amides is 1. The first kappa shape index (κ1) is 21.9. The Hall–Kier alpha value is -2.33. The SMILES string of the molecule is Cc1cc(N2C[C@H](C)n3ncc(B4OC(C)(C)C(C)(C)O4)c3C2=O)ccc1C(F)(F)F. The van der Waals surface area contributed by atoms with E-state index in [1.54, 1.807) is 10.9 Å². The molecule has 1 aromatic carbocycles. The number of aromatic nitrogens is 2. The standard InChI is InChI=1S/C21H25BF3N3O3/c1-12-9-14(7-8-15(12)21(23,24)25)27-11-13(2)28-17(18(27)29)16(10-26-28)22-30-19(3,4)20(5,6)31-22/h7-10,13H,11H2,1-6H3/t13-/m0/s1. The first-order valence-corrected chi connectivity index (χ1v) is 10.2. The van der Waals surface area contributed by atoms with E-state index in [2.05, 4.69) is 5.10 Å². The van der Waals surface area contributed by atoms with Crippen molar-refractivity contribution in [1.29, 1.82) is 0 Å². The molecule has 2 aliphatic rings. The van der Waals surface area contributed by atoms with Gasteiger partial charge in [-0.1, -0.05) is 0 Å². The summed E-state index contributed by atoms with van der Waals surface area (Å²) in [5.41, 5.74) is -0.555. The lowest BCUT2D eigenvalue weighted by molar-refractivity contribution is -0.138. The molecule has 166 valence electrons. The second-order valence-electron chi connectivity index (χ2n) is 9.24. The molecule has 2 aromatic rings.